The van der Waals surface area contributed by atoms with E-state index < -0.39 is 0 Å². The molecule has 0 saturated carbocycles. The summed E-state index contributed by atoms with van der Waals surface area (Å²) in [6.07, 6.45) is 1.69. The van der Waals surface area contributed by atoms with E-state index in [-0.39, 0.29) is 6.04 Å². The maximum Gasteiger partial charge on any atom is 0.125 e. The second kappa shape index (κ2) is 6.78. The predicted molar refractivity (Wildman–Crippen MR) is 79.5 cm³/mol. The van der Waals surface area contributed by atoms with Crippen LogP contribution in [0.5, 0.6) is 5.75 Å². The molecule has 2 aromatic rings. The SMILES string of the molecule is CCNC(c1ccco1)c1cc(Br)ccc1OCC. The largest absolute Gasteiger partial charge is 0.494 e. The van der Waals surface area contributed by atoms with Crippen LogP contribution in [0.1, 0.15) is 31.2 Å². The van der Waals surface area contributed by atoms with Crippen LogP contribution in [0.3, 0.4) is 0 Å². The van der Waals surface area contributed by atoms with Gasteiger partial charge in [0.15, 0.2) is 0 Å². The highest BCUT2D eigenvalue weighted by molar-refractivity contribution is 9.10. The van der Waals surface area contributed by atoms with E-state index in [2.05, 4.69) is 34.2 Å². The molecular weight excluding hydrogens is 306 g/mol. The highest BCUT2D eigenvalue weighted by atomic mass is 79.9. The highest BCUT2D eigenvalue weighted by Crippen LogP contribution is 2.32. The zero-order valence-electron chi connectivity index (χ0n) is 11.2. The fraction of sp³-hybridized carbons (Fsp3) is 0.333. The molecule has 0 bridgehead atoms. The van der Waals surface area contributed by atoms with Gasteiger partial charge in [-0.05, 0) is 43.8 Å². The monoisotopic (exact) mass is 323 g/mol. The van der Waals surface area contributed by atoms with E-state index in [0.29, 0.717) is 6.61 Å². The molecule has 0 spiro atoms. The first kappa shape index (κ1) is 14.2. The molecule has 0 aliphatic heterocycles. The molecule has 1 N–H and O–H groups in total. The normalized spacial score (nSPS) is 12.4. The first-order valence-corrected chi connectivity index (χ1v) is 7.24. The lowest BCUT2D eigenvalue weighted by Gasteiger charge is -2.19. The summed E-state index contributed by atoms with van der Waals surface area (Å²) in [6.45, 7) is 5.56. The van der Waals surface area contributed by atoms with Gasteiger partial charge in [0.25, 0.3) is 0 Å². The summed E-state index contributed by atoms with van der Waals surface area (Å²) >= 11 is 3.52. The van der Waals surface area contributed by atoms with E-state index in [1.807, 2.05) is 31.2 Å². The van der Waals surface area contributed by atoms with E-state index in [9.17, 15) is 0 Å². The zero-order valence-corrected chi connectivity index (χ0v) is 12.7. The molecule has 1 unspecified atom stereocenters. The van der Waals surface area contributed by atoms with Crippen molar-refractivity contribution >= 4 is 15.9 Å². The van der Waals surface area contributed by atoms with E-state index >= 15 is 0 Å². The van der Waals surface area contributed by atoms with Gasteiger partial charge in [-0.3, -0.25) is 0 Å². The molecule has 3 nitrogen and oxygen atoms in total. The third kappa shape index (κ3) is 3.39. The molecule has 0 aliphatic carbocycles. The van der Waals surface area contributed by atoms with Gasteiger partial charge in [-0.15, -0.1) is 0 Å². The van der Waals surface area contributed by atoms with Crippen LogP contribution in [-0.2, 0) is 0 Å². The summed E-state index contributed by atoms with van der Waals surface area (Å²) in [5, 5.41) is 3.43. The second-order valence-electron chi connectivity index (χ2n) is 4.12. The molecule has 0 radical (unpaired) electrons. The molecular formula is C15H18BrNO2. The molecule has 1 heterocycles. The molecule has 102 valence electrons. The van der Waals surface area contributed by atoms with Crippen LogP contribution < -0.4 is 10.1 Å². The first-order valence-electron chi connectivity index (χ1n) is 6.45. The summed E-state index contributed by atoms with van der Waals surface area (Å²) in [4.78, 5) is 0. The van der Waals surface area contributed by atoms with Gasteiger partial charge in [-0.25, -0.2) is 0 Å². The molecule has 19 heavy (non-hydrogen) atoms. The Labute approximate surface area is 122 Å². The fourth-order valence-electron chi connectivity index (χ4n) is 2.06. The average Bonchev–Trinajstić information content (AvgIpc) is 2.92. The van der Waals surface area contributed by atoms with Crippen LogP contribution in [0.15, 0.2) is 45.5 Å². The van der Waals surface area contributed by atoms with E-state index in [0.717, 1.165) is 28.1 Å². The molecule has 0 saturated heterocycles. The second-order valence-corrected chi connectivity index (χ2v) is 5.04. The third-order valence-electron chi connectivity index (χ3n) is 2.82. The van der Waals surface area contributed by atoms with Gasteiger partial charge < -0.3 is 14.5 Å². The number of rotatable bonds is 6. The lowest BCUT2D eigenvalue weighted by atomic mass is 10.0. The molecule has 1 aromatic heterocycles. The van der Waals surface area contributed by atoms with Gasteiger partial charge in [-0.1, -0.05) is 22.9 Å². The molecule has 2 rings (SSSR count). The third-order valence-corrected chi connectivity index (χ3v) is 3.31. The number of hydrogen-bond acceptors (Lipinski definition) is 3. The fourth-order valence-corrected chi connectivity index (χ4v) is 2.43. The Morgan fingerprint density at radius 1 is 1.32 bits per heavy atom. The van der Waals surface area contributed by atoms with Gasteiger partial charge in [0.2, 0.25) is 0 Å². The van der Waals surface area contributed by atoms with Gasteiger partial charge >= 0.3 is 0 Å². The van der Waals surface area contributed by atoms with Crippen molar-refractivity contribution in [1.29, 1.82) is 0 Å². The van der Waals surface area contributed by atoms with E-state index in [1.54, 1.807) is 6.26 Å². The first-order chi connectivity index (χ1) is 9.26. The summed E-state index contributed by atoms with van der Waals surface area (Å²) in [5.74, 6) is 1.77. The minimum atomic E-state index is -0.000880. The lowest BCUT2D eigenvalue weighted by Crippen LogP contribution is -2.22. The molecule has 0 amide bonds. The van der Waals surface area contributed by atoms with Crippen LogP contribution >= 0.6 is 15.9 Å². The molecule has 0 aliphatic rings. The van der Waals surface area contributed by atoms with Crippen molar-refractivity contribution in [2.24, 2.45) is 0 Å². The Morgan fingerprint density at radius 3 is 2.79 bits per heavy atom. The minimum Gasteiger partial charge on any atom is -0.494 e. The lowest BCUT2D eigenvalue weighted by molar-refractivity contribution is 0.330. The number of ether oxygens (including phenoxy) is 1. The topological polar surface area (TPSA) is 34.4 Å². The molecule has 0 fully saturated rings. The quantitative estimate of drug-likeness (QED) is 0.867. The van der Waals surface area contributed by atoms with Crippen LogP contribution in [0.2, 0.25) is 0 Å². The van der Waals surface area contributed by atoms with Gasteiger partial charge in [0.05, 0.1) is 18.9 Å². The smallest absolute Gasteiger partial charge is 0.125 e. The maximum absolute atomic E-state index is 5.71. The molecule has 4 heteroatoms. The minimum absolute atomic E-state index is 0.000880. The summed E-state index contributed by atoms with van der Waals surface area (Å²) in [7, 11) is 0. The average molecular weight is 324 g/mol. The van der Waals surface area contributed by atoms with Gasteiger partial charge in [0.1, 0.15) is 11.5 Å². The van der Waals surface area contributed by atoms with E-state index in [4.69, 9.17) is 9.15 Å². The Kier molecular flexibility index (Phi) is 5.05. The summed E-state index contributed by atoms with van der Waals surface area (Å²) < 4.78 is 12.3. The van der Waals surface area contributed by atoms with E-state index in [1.165, 1.54) is 0 Å². The van der Waals surface area contributed by atoms with Crippen molar-refractivity contribution in [3.05, 3.63) is 52.4 Å². The van der Waals surface area contributed by atoms with Gasteiger partial charge in [0, 0.05) is 10.0 Å². The number of furan rings is 1. The standard InChI is InChI=1S/C15H18BrNO2/c1-3-17-15(14-6-5-9-19-14)12-10-11(16)7-8-13(12)18-4-2/h5-10,15,17H,3-4H2,1-2H3. The van der Waals surface area contributed by atoms with Crippen molar-refractivity contribution in [1.82, 2.24) is 5.32 Å². The Morgan fingerprint density at radius 2 is 2.16 bits per heavy atom. The van der Waals surface area contributed by atoms with Crippen molar-refractivity contribution < 1.29 is 9.15 Å². The van der Waals surface area contributed by atoms with Crippen molar-refractivity contribution in [2.45, 2.75) is 19.9 Å². The maximum atomic E-state index is 5.71. The number of benzene rings is 1. The van der Waals surface area contributed by atoms with Crippen molar-refractivity contribution in [2.75, 3.05) is 13.2 Å². The Hall–Kier alpha value is -1.26. The van der Waals surface area contributed by atoms with Crippen LogP contribution in [0.25, 0.3) is 0 Å². The van der Waals surface area contributed by atoms with Crippen LogP contribution in [0, 0.1) is 0 Å². The highest BCUT2D eigenvalue weighted by Gasteiger charge is 2.20. The number of nitrogens with one attached hydrogen (secondary N) is 1. The summed E-state index contributed by atoms with van der Waals surface area (Å²) in [5.41, 5.74) is 1.08. The number of hydrogen-bond donors (Lipinski definition) is 1. The predicted octanol–water partition coefficient (Wildman–Crippen LogP) is 4.14. The molecule has 1 atom stereocenters. The zero-order chi connectivity index (χ0) is 13.7. The van der Waals surface area contributed by atoms with Gasteiger partial charge in [-0.2, -0.15) is 0 Å². The van der Waals surface area contributed by atoms with Crippen LogP contribution in [0.4, 0.5) is 0 Å². The van der Waals surface area contributed by atoms with Crippen molar-refractivity contribution in [3.8, 4) is 5.75 Å². The Bertz CT molecular complexity index is 511. The molecule has 1 aromatic carbocycles. The van der Waals surface area contributed by atoms with Crippen molar-refractivity contribution in [3.63, 3.8) is 0 Å². The Balaban J connectivity index is 2.43. The summed E-state index contributed by atoms with van der Waals surface area (Å²) in [6, 6.07) is 9.91. The van der Waals surface area contributed by atoms with Crippen LogP contribution in [-0.4, -0.2) is 13.2 Å². The number of halogens is 1.